The molecule has 0 fully saturated rings. The maximum atomic E-state index is 12.6. The molecule has 0 heterocycles. The van der Waals surface area contributed by atoms with Crippen LogP contribution in [0, 0.1) is 7.43 Å². The Balaban J connectivity index is -0.000000118. The van der Waals surface area contributed by atoms with Crippen LogP contribution in [0.15, 0.2) is 24.3 Å². The zero-order chi connectivity index (χ0) is 44.8. The third kappa shape index (κ3) is 16.3. The second-order valence-corrected chi connectivity index (χ2v) is 11.2. The zero-order valence-corrected chi connectivity index (χ0v) is 32.4. The molecule has 0 rings (SSSR count). The molecule has 30 heteroatoms. The van der Waals surface area contributed by atoms with Crippen molar-refractivity contribution < 1.29 is 136 Å². The van der Waals surface area contributed by atoms with Crippen LogP contribution in [0.3, 0.4) is 0 Å². The summed E-state index contributed by atoms with van der Waals surface area (Å²) >= 11 is 4.87. The van der Waals surface area contributed by atoms with Gasteiger partial charge in [0.1, 0.15) is 5.60 Å². The Morgan fingerprint density at radius 1 is 0.554 bits per heavy atom. The van der Waals surface area contributed by atoms with Crippen molar-refractivity contribution in [3.05, 3.63) is 31.7 Å². The van der Waals surface area contributed by atoms with E-state index in [0.717, 1.165) is 6.92 Å². The van der Waals surface area contributed by atoms with Gasteiger partial charge in [-0.2, -0.15) is 79.0 Å². The van der Waals surface area contributed by atoms with Crippen molar-refractivity contribution in [2.24, 2.45) is 0 Å². The second kappa shape index (κ2) is 21.9. The molecule has 0 aliphatic rings. The van der Waals surface area contributed by atoms with Gasteiger partial charge >= 0.3 is 77.7 Å². The summed E-state index contributed by atoms with van der Waals surface area (Å²) in [6.45, 7) is 9.99. The number of halogens is 20. The van der Waals surface area contributed by atoms with Crippen molar-refractivity contribution in [1.82, 2.24) is 0 Å². The number of carbonyl (C=O) groups is 3. The van der Waals surface area contributed by atoms with Crippen molar-refractivity contribution >= 4 is 51.8 Å². The van der Waals surface area contributed by atoms with Crippen LogP contribution in [0.5, 0.6) is 0 Å². The summed E-state index contributed by atoms with van der Waals surface area (Å²) in [7, 11) is 0.296. The number of hydrogen-bond acceptors (Lipinski definition) is 9. The summed E-state index contributed by atoms with van der Waals surface area (Å²) < 4.78 is 225. The maximum Gasteiger partial charge on any atom is 2.00 e. The van der Waals surface area contributed by atoms with Crippen LogP contribution in [-0.2, 0) is 23.9 Å². The molecule has 0 atom stereocenters. The molecule has 0 aliphatic heterocycles. The average Bonchev–Trinajstić information content (AvgIpc) is 2.87. The van der Waals surface area contributed by atoms with E-state index in [4.69, 9.17) is 32.0 Å². The van der Waals surface area contributed by atoms with Gasteiger partial charge in [0, 0.05) is 11.1 Å². The minimum atomic E-state index is -6.18. The zero-order valence-electron chi connectivity index (χ0n) is 29.5. The Kier molecular flexibility index (Phi) is 26.8. The van der Waals surface area contributed by atoms with Gasteiger partial charge in [0.25, 0.3) is 11.2 Å². The van der Waals surface area contributed by atoms with E-state index in [-0.39, 0.29) is 56.7 Å². The fourth-order valence-electron chi connectivity index (χ4n) is 2.63. The predicted octanol–water partition coefficient (Wildman–Crippen LogP) is 3.77. The normalized spacial score (nSPS) is 13.1. The summed E-state index contributed by atoms with van der Waals surface area (Å²) in [6, 6.07) is 0. The summed E-state index contributed by atoms with van der Waals surface area (Å²) in [6.07, 6.45) is -36.5. The van der Waals surface area contributed by atoms with Gasteiger partial charge in [0.15, 0.2) is 5.60 Å². The van der Waals surface area contributed by atoms with Gasteiger partial charge in [-0.3, -0.25) is 4.79 Å². The molecular weight excluding hydrogens is 893 g/mol. The molecule has 0 saturated carbocycles. The van der Waals surface area contributed by atoms with E-state index in [1.54, 1.807) is 6.92 Å². The molecule has 0 radical (unpaired) electrons. The quantitative estimate of drug-likeness (QED) is 0.0781. The van der Waals surface area contributed by atoms with E-state index in [1.807, 2.05) is 0 Å². The first-order chi connectivity index (χ1) is 22.5. The Bertz CT molecular complexity index is 1220. The molecule has 4 N–H and O–H groups in total. The van der Waals surface area contributed by atoms with Gasteiger partial charge in [-0.05, 0) is 53.1 Å². The first-order valence-corrected chi connectivity index (χ1v) is 13.0. The monoisotopic (exact) mass is 924 g/mol. The summed E-state index contributed by atoms with van der Waals surface area (Å²) in [5.74, 6) is -4.30. The molecule has 0 amide bonds. The van der Waals surface area contributed by atoms with Crippen LogP contribution in [-0.4, -0.2) is 133 Å². The summed E-state index contributed by atoms with van der Waals surface area (Å²) in [5.41, 5.74) is -22.5. The first kappa shape index (κ1) is 68.7. The van der Waals surface area contributed by atoms with E-state index < -0.39 is 87.8 Å². The van der Waals surface area contributed by atoms with Gasteiger partial charge in [0.2, 0.25) is 5.24 Å². The number of rotatable bonds is 6. The van der Waals surface area contributed by atoms with Crippen LogP contribution >= 0.6 is 11.6 Å². The molecule has 0 unspecified atom stereocenters. The molecule has 0 aromatic heterocycles. The van der Waals surface area contributed by atoms with Crippen molar-refractivity contribution in [2.75, 3.05) is 7.11 Å². The SMILES string of the molecule is C=C(C)C(=O)Cl.C=C(C)C(=O)OC(C)(C)C(O)(C(F)(F)F)C(F)(F)F.CC(C)(O)C(O)(C(F)(F)F)C(F)(F)F.COC(=O)C(O)(C(F)(F)F)C(F)(F)F.[CH3-].[Cl-].[Mg+2]. The number of alkyl halides is 18. The average molecular weight is 926 g/mol. The minimum absolute atomic E-state index is 0. The smallest absolute Gasteiger partial charge is 1.00 e. The molecule has 0 aliphatic carbocycles. The molecule has 0 aromatic carbocycles. The number of ether oxygens (including phenoxy) is 2. The minimum Gasteiger partial charge on any atom is -1.00 e. The van der Waals surface area contributed by atoms with Gasteiger partial charge in [-0.15, -0.1) is 0 Å². The fourth-order valence-corrected chi connectivity index (χ4v) is 2.63. The Labute approximate surface area is 332 Å². The van der Waals surface area contributed by atoms with Gasteiger partial charge in [-0.1, -0.05) is 13.2 Å². The molecular formula is C26H32Cl2F18MgO9. The van der Waals surface area contributed by atoms with E-state index in [0.29, 0.717) is 26.5 Å². The van der Waals surface area contributed by atoms with Crippen LogP contribution in [0.2, 0.25) is 0 Å². The van der Waals surface area contributed by atoms with E-state index in [1.165, 1.54) is 0 Å². The van der Waals surface area contributed by atoms with Gasteiger partial charge in [-0.25, -0.2) is 9.59 Å². The van der Waals surface area contributed by atoms with Crippen LogP contribution in [0.1, 0.15) is 41.5 Å². The Morgan fingerprint density at radius 3 is 0.875 bits per heavy atom. The molecule has 0 saturated heterocycles. The summed E-state index contributed by atoms with van der Waals surface area (Å²) in [4.78, 5) is 31.1. The molecule has 0 aromatic rings. The molecule has 0 bridgehead atoms. The Hall–Kier alpha value is -1.98. The number of allylic oxidation sites excluding steroid dienone is 1. The molecule has 332 valence electrons. The number of carbonyl (C=O) groups excluding carboxylic acids is 3. The topological polar surface area (TPSA) is 151 Å². The van der Waals surface area contributed by atoms with Crippen LogP contribution in [0.25, 0.3) is 0 Å². The molecule has 56 heavy (non-hydrogen) atoms. The van der Waals surface area contributed by atoms with Gasteiger partial charge in [0.05, 0.1) is 7.11 Å². The molecule has 9 nitrogen and oxygen atoms in total. The first-order valence-electron chi connectivity index (χ1n) is 12.6. The third-order valence-corrected chi connectivity index (χ3v) is 6.05. The number of methoxy groups -OCH3 is 1. The van der Waals surface area contributed by atoms with Crippen molar-refractivity contribution in [3.63, 3.8) is 0 Å². The fraction of sp³-hybridized carbons (Fsp3) is 0.692. The third-order valence-electron chi connectivity index (χ3n) is 5.73. The number of hydrogen-bond donors (Lipinski definition) is 4. The van der Waals surface area contributed by atoms with E-state index in [9.17, 15) is 93.4 Å². The largest absolute Gasteiger partial charge is 2.00 e. The van der Waals surface area contributed by atoms with Crippen LogP contribution in [0.4, 0.5) is 79.0 Å². The Morgan fingerprint density at radius 2 is 0.786 bits per heavy atom. The number of aliphatic hydroxyl groups is 4. The van der Waals surface area contributed by atoms with Gasteiger partial charge < -0.3 is 49.7 Å². The van der Waals surface area contributed by atoms with Crippen molar-refractivity contribution in [3.8, 4) is 0 Å². The van der Waals surface area contributed by atoms with E-state index in [2.05, 4.69) is 22.6 Å². The predicted molar refractivity (Wildman–Crippen MR) is 152 cm³/mol. The van der Waals surface area contributed by atoms with E-state index >= 15 is 0 Å². The van der Waals surface area contributed by atoms with Crippen molar-refractivity contribution in [2.45, 2.75) is 107 Å². The summed E-state index contributed by atoms with van der Waals surface area (Å²) in [5, 5.41) is 34.1. The number of esters is 2. The van der Waals surface area contributed by atoms with Crippen molar-refractivity contribution in [1.29, 1.82) is 0 Å². The second-order valence-electron chi connectivity index (χ2n) is 10.9. The maximum absolute atomic E-state index is 12.6. The molecule has 0 spiro atoms. The standard InChI is InChI=1S/C10H12F6O3.C6H8F6O2.C5H4F6O3.C4H5ClO.CH3.ClH.Mg/c1-5(2)6(17)19-7(3,4)8(18,9(11,12)13)10(14,15)16;1-3(2,13)4(14,5(7,8)9)6(10,11)12;1-14-2(12)3(13,4(6,7)8)5(9,10)11;1-3(2)4(5)6;;;/h18H,1H2,2-4H3;13-14H,1-2H3;13H,1H3;1H2,2H3;1H3;1H;/q;;;;-1;;+2/p-1. The van der Waals surface area contributed by atoms with Crippen LogP contribution < -0.4 is 12.4 Å².